The largest absolute Gasteiger partial charge is 2.00 e. The zero-order chi connectivity index (χ0) is 4.50. The molecule has 0 rings (SSSR count). The molecule has 0 aromatic carbocycles. The molecular formula is H16MgNO8P. The summed E-state index contributed by atoms with van der Waals surface area (Å²) in [7, 11) is -4.64. The van der Waals surface area contributed by atoms with Crippen molar-refractivity contribution in [2.45, 2.75) is 0 Å². The standard InChI is InChI=1S/Mg.H3N.H3O4P.4H2O.2H/c;;1-5(2,3)4;;;;;;/h;1H3;(H3,1,2,3,4);4*1H2;;/q+2;;;;;;;2*-1. The molecule has 0 aromatic heterocycles. The summed E-state index contributed by atoms with van der Waals surface area (Å²) in [6, 6.07) is 0. The van der Waals surface area contributed by atoms with E-state index in [1.54, 1.807) is 0 Å². The summed E-state index contributed by atoms with van der Waals surface area (Å²) in [6.07, 6.45) is 0. The molecule has 0 saturated heterocycles. The van der Waals surface area contributed by atoms with Gasteiger partial charge >= 0.3 is 30.9 Å². The normalized spacial score (nSPS) is 5.36. The van der Waals surface area contributed by atoms with E-state index in [4.69, 9.17) is 19.2 Å². The van der Waals surface area contributed by atoms with Gasteiger partial charge in [-0.3, -0.25) is 0 Å². The number of hydrogen-bond donors (Lipinski definition) is 4. The van der Waals surface area contributed by atoms with Crippen molar-refractivity contribution in [1.82, 2.24) is 6.15 Å². The molecule has 0 aliphatic carbocycles. The van der Waals surface area contributed by atoms with E-state index in [1.165, 1.54) is 0 Å². The summed E-state index contributed by atoms with van der Waals surface area (Å²) in [5, 5.41) is 0. The van der Waals surface area contributed by atoms with Crippen LogP contribution in [0.4, 0.5) is 0 Å². The van der Waals surface area contributed by atoms with Gasteiger partial charge in [0.25, 0.3) is 0 Å². The van der Waals surface area contributed by atoms with Crippen LogP contribution in [-0.2, 0) is 4.57 Å². The van der Waals surface area contributed by atoms with E-state index in [2.05, 4.69) is 0 Å². The third kappa shape index (κ3) is 1760. The number of rotatable bonds is 0. The molecule has 11 heavy (non-hydrogen) atoms. The van der Waals surface area contributed by atoms with E-state index >= 15 is 0 Å². The molecule has 0 spiro atoms. The van der Waals surface area contributed by atoms with Crippen molar-refractivity contribution in [2.75, 3.05) is 0 Å². The van der Waals surface area contributed by atoms with Crippen LogP contribution >= 0.6 is 7.82 Å². The van der Waals surface area contributed by atoms with E-state index in [1.807, 2.05) is 0 Å². The van der Waals surface area contributed by atoms with Gasteiger partial charge in [0, 0.05) is 0 Å². The van der Waals surface area contributed by atoms with E-state index < -0.39 is 7.82 Å². The first-order valence-corrected chi connectivity index (χ1v) is 2.35. The molecule has 0 amide bonds. The summed E-state index contributed by atoms with van der Waals surface area (Å²) in [5.74, 6) is 0. The van der Waals surface area contributed by atoms with Crippen LogP contribution in [0.3, 0.4) is 0 Å². The van der Waals surface area contributed by atoms with E-state index in [0.29, 0.717) is 0 Å². The molecule has 0 fully saturated rings. The first-order valence-electron chi connectivity index (χ1n) is 0.783. The van der Waals surface area contributed by atoms with Crippen LogP contribution in [0.15, 0.2) is 0 Å². The minimum Gasteiger partial charge on any atom is -1.00 e. The van der Waals surface area contributed by atoms with Crippen LogP contribution in [0.1, 0.15) is 2.85 Å². The molecule has 0 radical (unpaired) electrons. The molecule has 0 aromatic rings. The maximum Gasteiger partial charge on any atom is 2.00 e. The maximum absolute atomic E-state index is 8.88. The van der Waals surface area contributed by atoms with Crippen molar-refractivity contribution in [3.05, 3.63) is 0 Å². The summed E-state index contributed by atoms with van der Waals surface area (Å²) < 4.78 is 8.88. The Morgan fingerprint density at radius 2 is 0.909 bits per heavy atom. The van der Waals surface area contributed by atoms with E-state index in [-0.39, 0.29) is 54.0 Å². The van der Waals surface area contributed by atoms with Crippen molar-refractivity contribution in [1.29, 1.82) is 0 Å². The van der Waals surface area contributed by atoms with Crippen LogP contribution in [0, 0.1) is 0 Å². The fraction of sp³-hybridized carbons (Fsp3) is 0. The summed E-state index contributed by atoms with van der Waals surface area (Å²) in [6.45, 7) is 0. The van der Waals surface area contributed by atoms with Gasteiger partial charge in [-0.25, -0.2) is 4.57 Å². The average Bonchev–Trinajstić information content (AvgIpc) is 0.722. The molecule has 0 aliphatic heterocycles. The van der Waals surface area contributed by atoms with Crippen LogP contribution in [-0.4, -0.2) is 59.6 Å². The second-order valence-electron chi connectivity index (χ2n) is 0.513. The van der Waals surface area contributed by atoms with Crippen LogP contribution in [0.25, 0.3) is 0 Å². The molecule has 0 atom stereocenters. The van der Waals surface area contributed by atoms with Crippen molar-refractivity contribution in [2.24, 2.45) is 0 Å². The predicted octanol–water partition coefficient (Wildman–Crippen LogP) is -4.22. The molecule has 0 bridgehead atoms. The summed E-state index contributed by atoms with van der Waals surface area (Å²) in [4.78, 5) is 21.6. The van der Waals surface area contributed by atoms with Crippen molar-refractivity contribution >= 4 is 30.9 Å². The van der Waals surface area contributed by atoms with Gasteiger partial charge in [-0.05, 0) is 0 Å². The van der Waals surface area contributed by atoms with Crippen LogP contribution in [0.2, 0.25) is 0 Å². The zero-order valence-electron chi connectivity index (χ0n) is 7.61. The Labute approximate surface area is 81.6 Å². The van der Waals surface area contributed by atoms with Gasteiger partial charge in [0.2, 0.25) is 0 Å². The number of hydrogen-bond acceptors (Lipinski definition) is 2. The van der Waals surface area contributed by atoms with Crippen LogP contribution in [0.5, 0.6) is 0 Å². The summed E-state index contributed by atoms with van der Waals surface area (Å²) >= 11 is 0. The minimum absolute atomic E-state index is 0. The fourth-order valence-corrected chi connectivity index (χ4v) is 0. The third-order valence-corrected chi connectivity index (χ3v) is 0. The second kappa shape index (κ2) is 22.4. The van der Waals surface area contributed by atoms with Gasteiger partial charge in [0.1, 0.15) is 0 Å². The first kappa shape index (κ1) is 60.9. The third-order valence-electron chi connectivity index (χ3n) is 0. The Kier molecular flexibility index (Phi) is 124. The van der Waals surface area contributed by atoms with Crippen molar-refractivity contribution < 1.29 is 44.0 Å². The molecule has 0 heterocycles. The van der Waals surface area contributed by atoms with Gasteiger partial charge in [0.05, 0.1) is 0 Å². The zero-order valence-corrected chi connectivity index (χ0v) is 7.92. The average molecular weight is 213 g/mol. The van der Waals surface area contributed by atoms with Gasteiger partial charge in [-0.15, -0.1) is 0 Å². The van der Waals surface area contributed by atoms with Gasteiger partial charge in [-0.2, -0.15) is 0 Å². The molecule has 0 unspecified atom stereocenters. The molecule has 14 N–H and O–H groups in total. The van der Waals surface area contributed by atoms with E-state index in [9.17, 15) is 0 Å². The van der Waals surface area contributed by atoms with Gasteiger partial charge < -0.3 is 45.6 Å². The second-order valence-corrected chi connectivity index (χ2v) is 1.54. The Balaban J connectivity index is -0.00000000286. The Bertz CT molecular complexity index is 68.3. The first-order chi connectivity index (χ1) is 2.00. The summed E-state index contributed by atoms with van der Waals surface area (Å²) in [5.41, 5.74) is 0. The maximum atomic E-state index is 8.88. The van der Waals surface area contributed by atoms with E-state index in [0.717, 1.165) is 0 Å². The van der Waals surface area contributed by atoms with Gasteiger partial charge in [0.15, 0.2) is 0 Å². The molecule has 9 nitrogen and oxygen atoms in total. The minimum atomic E-state index is -4.64. The molecule has 0 saturated carbocycles. The SMILES string of the molecule is N.O.O.O.O.O=P(O)(O)O.[H-].[H-].[Mg+2]. The molecule has 0 aliphatic rings. The number of phosphoric acid groups is 1. The monoisotopic (exact) mass is 213 g/mol. The van der Waals surface area contributed by atoms with Crippen molar-refractivity contribution in [3.8, 4) is 0 Å². The fourth-order valence-electron chi connectivity index (χ4n) is 0. The Morgan fingerprint density at radius 3 is 0.909 bits per heavy atom. The Morgan fingerprint density at radius 1 is 0.909 bits per heavy atom. The molecule has 76 valence electrons. The molecule has 11 heteroatoms. The van der Waals surface area contributed by atoms with Crippen LogP contribution < -0.4 is 6.15 Å². The van der Waals surface area contributed by atoms with Gasteiger partial charge in [-0.1, -0.05) is 0 Å². The van der Waals surface area contributed by atoms with Crippen molar-refractivity contribution in [3.63, 3.8) is 0 Å². The smallest absolute Gasteiger partial charge is 1.00 e. The molecular weight excluding hydrogens is 197 g/mol. The Hall–Kier alpha value is 0.676. The quantitative estimate of drug-likeness (QED) is 0.230. The topological polar surface area (TPSA) is 239 Å². The predicted molar refractivity (Wildman–Crippen MR) is 41.7 cm³/mol.